The molecule has 1 fully saturated rings. The van der Waals surface area contributed by atoms with Crippen LogP contribution in [0.3, 0.4) is 0 Å². The van der Waals surface area contributed by atoms with Crippen LogP contribution in [-0.4, -0.2) is 24.6 Å². The minimum absolute atomic E-state index is 0.188. The van der Waals surface area contributed by atoms with E-state index in [1.165, 1.54) is 5.57 Å². The van der Waals surface area contributed by atoms with Gasteiger partial charge in [0.2, 0.25) is 0 Å². The third-order valence-corrected chi connectivity index (χ3v) is 4.80. The quantitative estimate of drug-likeness (QED) is 0.774. The molecule has 126 valence electrons. The van der Waals surface area contributed by atoms with E-state index in [1.54, 1.807) is 7.11 Å². The van der Waals surface area contributed by atoms with Crippen molar-refractivity contribution in [2.75, 3.05) is 13.7 Å². The Bertz CT molecular complexity index is 585. The largest absolute Gasteiger partial charge is 0.496 e. The number of Topliss-reactive ketones (excluding diaryl/α,β-unsaturated/α-hetero) is 1. The first kappa shape index (κ1) is 17.7. The number of ether oxygens (including phenoxy) is 1. The van der Waals surface area contributed by atoms with Gasteiger partial charge in [0.1, 0.15) is 11.5 Å². The lowest BCUT2D eigenvalue weighted by Gasteiger charge is -2.29. The molecule has 1 aliphatic rings. The molecule has 1 unspecified atom stereocenters. The minimum Gasteiger partial charge on any atom is -0.496 e. The average Bonchev–Trinajstić information content (AvgIpc) is 2.92. The molecule has 0 saturated heterocycles. The number of hydrogen-bond donors (Lipinski definition) is 1. The van der Waals surface area contributed by atoms with Gasteiger partial charge in [-0.2, -0.15) is 0 Å². The zero-order chi connectivity index (χ0) is 16.9. The number of aliphatic hydroxyl groups excluding tert-OH is 1. The molecule has 2 rings (SSSR count). The summed E-state index contributed by atoms with van der Waals surface area (Å²) < 4.78 is 5.62. The minimum atomic E-state index is -0.432. The van der Waals surface area contributed by atoms with Crippen molar-refractivity contribution in [2.24, 2.45) is 0 Å². The van der Waals surface area contributed by atoms with Crippen molar-refractivity contribution in [1.82, 2.24) is 0 Å². The normalized spacial score (nSPS) is 20.6. The number of allylic oxidation sites excluding steroid dienone is 2. The molecule has 0 aromatic heterocycles. The van der Waals surface area contributed by atoms with Gasteiger partial charge in [0.25, 0.3) is 0 Å². The molecule has 0 bridgehead atoms. The van der Waals surface area contributed by atoms with Gasteiger partial charge in [-0.05, 0) is 57.6 Å². The van der Waals surface area contributed by atoms with Gasteiger partial charge in [0.05, 0.1) is 12.5 Å². The number of aliphatic hydroxyl groups is 1. The van der Waals surface area contributed by atoms with Crippen LogP contribution in [-0.2, 0) is 16.6 Å². The monoisotopic (exact) mass is 316 g/mol. The maximum atomic E-state index is 12.7. The smallest absolute Gasteiger partial charge is 0.143 e. The molecule has 0 aliphatic heterocycles. The van der Waals surface area contributed by atoms with Crippen LogP contribution >= 0.6 is 0 Å². The topological polar surface area (TPSA) is 46.5 Å². The molecule has 1 saturated carbocycles. The average molecular weight is 316 g/mol. The molecular formula is C20H28O3. The highest BCUT2D eigenvalue weighted by Gasteiger charge is 2.44. The molecule has 0 spiro atoms. The summed E-state index contributed by atoms with van der Waals surface area (Å²) in [5, 5.41) is 9.00. The molecule has 0 heterocycles. The lowest BCUT2D eigenvalue weighted by molar-refractivity contribution is -0.122. The van der Waals surface area contributed by atoms with E-state index in [0.717, 1.165) is 49.0 Å². The van der Waals surface area contributed by atoms with Crippen LogP contribution in [0, 0.1) is 0 Å². The van der Waals surface area contributed by atoms with Gasteiger partial charge in [-0.3, -0.25) is 4.79 Å². The Morgan fingerprint density at radius 3 is 2.74 bits per heavy atom. The second kappa shape index (κ2) is 7.78. The molecule has 1 aromatic rings. The fraction of sp³-hybridized carbons (Fsp3) is 0.550. The van der Waals surface area contributed by atoms with E-state index in [1.807, 2.05) is 6.07 Å². The first-order valence-electron chi connectivity index (χ1n) is 8.48. The number of benzene rings is 1. The van der Waals surface area contributed by atoms with Crippen LogP contribution in [0.4, 0.5) is 0 Å². The van der Waals surface area contributed by atoms with Gasteiger partial charge in [-0.25, -0.2) is 0 Å². The van der Waals surface area contributed by atoms with Crippen LogP contribution in [0.1, 0.15) is 57.1 Å². The van der Waals surface area contributed by atoms with Gasteiger partial charge in [-0.15, -0.1) is 0 Å². The number of hydrogen-bond acceptors (Lipinski definition) is 3. The fourth-order valence-corrected chi connectivity index (χ4v) is 3.49. The van der Waals surface area contributed by atoms with Crippen molar-refractivity contribution in [2.45, 2.75) is 57.8 Å². The second-order valence-electron chi connectivity index (χ2n) is 6.71. The lowest BCUT2D eigenvalue weighted by atomic mass is 9.74. The Morgan fingerprint density at radius 1 is 1.39 bits per heavy atom. The molecule has 1 N–H and O–H groups in total. The second-order valence-corrected chi connectivity index (χ2v) is 6.71. The Labute approximate surface area is 139 Å². The maximum Gasteiger partial charge on any atom is 0.143 e. The summed E-state index contributed by atoms with van der Waals surface area (Å²) in [5.41, 5.74) is 2.97. The van der Waals surface area contributed by atoms with Crippen LogP contribution in [0.2, 0.25) is 0 Å². The number of rotatable bonds is 7. The number of carbonyl (C=O) groups excluding carboxylic acids is 1. The summed E-state index contributed by atoms with van der Waals surface area (Å²) in [4.78, 5) is 12.7. The van der Waals surface area contributed by atoms with Crippen LogP contribution in [0.5, 0.6) is 5.75 Å². The Hall–Kier alpha value is -1.61. The summed E-state index contributed by atoms with van der Waals surface area (Å²) in [6, 6.07) is 6.16. The van der Waals surface area contributed by atoms with Gasteiger partial charge >= 0.3 is 0 Å². The van der Waals surface area contributed by atoms with Crippen molar-refractivity contribution >= 4 is 5.78 Å². The highest BCUT2D eigenvalue weighted by atomic mass is 16.5. The van der Waals surface area contributed by atoms with E-state index in [9.17, 15) is 4.79 Å². The summed E-state index contributed by atoms with van der Waals surface area (Å²) in [5.74, 6) is 1.13. The molecule has 23 heavy (non-hydrogen) atoms. The van der Waals surface area contributed by atoms with Crippen molar-refractivity contribution < 1.29 is 14.6 Å². The number of carbonyl (C=O) groups is 1. The lowest BCUT2D eigenvalue weighted by Crippen LogP contribution is -2.31. The van der Waals surface area contributed by atoms with Gasteiger partial charge in [0, 0.05) is 18.6 Å². The highest BCUT2D eigenvalue weighted by molar-refractivity contribution is 5.93. The van der Waals surface area contributed by atoms with E-state index in [-0.39, 0.29) is 6.61 Å². The van der Waals surface area contributed by atoms with Crippen LogP contribution in [0.15, 0.2) is 29.8 Å². The van der Waals surface area contributed by atoms with E-state index < -0.39 is 5.41 Å². The Balaban J connectivity index is 2.42. The van der Waals surface area contributed by atoms with Crippen LogP contribution in [0.25, 0.3) is 0 Å². The van der Waals surface area contributed by atoms with Gasteiger partial charge in [-0.1, -0.05) is 23.8 Å². The van der Waals surface area contributed by atoms with E-state index >= 15 is 0 Å². The summed E-state index contributed by atoms with van der Waals surface area (Å²) in [6.07, 6.45) is 6.98. The first-order chi connectivity index (χ1) is 11.0. The molecular weight excluding hydrogens is 288 g/mol. The molecule has 1 aromatic carbocycles. The third kappa shape index (κ3) is 3.84. The first-order valence-corrected chi connectivity index (χ1v) is 8.48. The van der Waals surface area contributed by atoms with Crippen molar-refractivity contribution in [3.63, 3.8) is 0 Å². The van der Waals surface area contributed by atoms with Gasteiger partial charge < -0.3 is 9.84 Å². The van der Waals surface area contributed by atoms with Crippen molar-refractivity contribution in [3.8, 4) is 5.75 Å². The number of methoxy groups -OCH3 is 1. The summed E-state index contributed by atoms with van der Waals surface area (Å²) in [6.45, 7) is 4.33. The zero-order valence-corrected chi connectivity index (χ0v) is 14.5. The molecule has 1 aliphatic carbocycles. The van der Waals surface area contributed by atoms with E-state index in [2.05, 4.69) is 32.1 Å². The Morgan fingerprint density at radius 2 is 2.17 bits per heavy atom. The summed E-state index contributed by atoms with van der Waals surface area (Å²) in [7, 11) is 1.67. The van der Waals surface area contributed by atoms with Crippen LogP contribution < -0.4 is 4.74 Å². The third-order valence-electron chi connectivity index (χ3n) is 4.80. The van der Waals surface area contributed by atoms with Crippen molar-refractivity contribution in [1.29, 1.82) is 0 Å². The maximum absolute atomic E-state index is 12.7. The SMILES string of the molecule is COc1cc(CCCO)ccc1C1(CC=C(C)C)CCCC1=O. The standard InChI is InChI=1S/C20H28O3/c1-15(2)10-12-20(11-4-7-19(20)22)17-9-8-16(6-5-13-21)14-18(17)23-3/h8-10,14,21H,4-7,11-13H2,1-3H3. The predicted molar refractivity (Wildman–Crippen MR) is 93.0 cm³/mol. The van der Waals surface area contributed by atoms with Crippen molar-refractivity contribution in [3.05, 3.63) is 41.0 Å². The van der Waals surface area contributed by atoms with E-state index in [0.29, 0.717) is 12.2 Å². The molecule has 0 radical (unpaired) electrons. The van der Waals surface area contributed by atoms with E-state index in [4.69, 9.17) is 9.84 Å². The molecule has 1 atom stereocenters. The molecule has 0 amide bonds. The summed E-state index contributed by atoms with van der Waals surface area (Å²) >= 11 is 0. The predicted octanol–water partition coefficient (Wildman–Crippen LogP) is 3.97. The zero-order valence-electron chi connectivity index (χ0n) is 14.5. The highest BCUT2D eigenvalue weighted by Crippen LogP contribution is 2.45. The number of aryl methyl sites for hydroxylation is 1. The Kier molecular flexibility index (Phi) is 6.00. The fourth-order valence-electron chi connectivity index (χ4n) is 3.49. The molecule has 3 nitrogen and oxygen atoms in total. The number of ketones is 1. The molecule has 3 heteroatoms. The van der Waals surface area contributed by atoms with Gasteiger partial charge in [0.15, 0.2) is 0 Å².